The molecule has 0 bridgehead atoms. The van der Waals surface area contributed by atoms with Crippen LogP contribution in [-0.2, 0) is 0 Å². The van der Waals surface area contributed by atoms with Crippen molar-refractivity contribution in [3.63, 3.8) is 0 Å². The largest absolute Gasteiger partial charge is 0.393 e. The number of nitrogens with one attached hydrogen (secondary N) is 1. The fraction of sp³-hybridized carbons (Fsp3) is 0.941. The lowest BCUT2D eigenvalue weighted by Crippen LogP contribution is -2.50. The molecule has 2 fully saturated rings. The van der Waals surface area contributed by atoms with E-state index in [1.165, 1.54) is 12.8 Å². The van der Waals surface area contributed by atoms with Crippen LogP contribution in [0.3, 0.4) is 0 Å². The standard InChI is InChI=1S/C17H33N3O2/c1-13(2)11-19-8-5-7-16(19)10-18-17(22)20-9-4-6-15(12-20)14(3)21/h13-16,21H,4-12H2,1-3H3,(H,18,22)/t14?,15?,16-/m0/s1. The van der Waals surface area contributed by atoms with E-state index >= 15 is 0 Å². The predicted molar refractivity (Wildman–Crippen MR) is 88.8 cm³/mol. The van der Waals surface area contributed by atoms with Crippen molar-refractivity contribution in [2.45, 2.75) is 58.6 Å². The van der Waals surface area contributed by atoms with Crippen LogP contribution in [0.25, 0.3) is 0 Å². The molecule has 2 N–H and O–H groups in total. The van der Waals surface area contributed by atoms with Gasteiger partial charge in [-0.15, -0.1) is 0 Å². The first kappa shape index (κ1) is 17.5. The van der Waals surface area contributed by atoms with E-state index in [0.29, 0.717) is 18.5 Å². The number of aliphatic hydroxyl groups is 1. The first-order chi connectivity index (χ1) is 10.5. The molecule has 2 amide bonds. The number of likely N-dealkylation sites (tertiary alicyclic amines) is 2. The number of nitrogens with zero attached hydrogens (tertiary/aromatic N) is 2. The molecular weight excluding hydrogens is 278 g/mol. The van der Waals surface area contributed by atoms with Gasteiger partial charge < -0.3 is 15.3 Å². The van der Waals surface area contributed by atoms with Crippen LogP contribution in [0.5, 0.6) is 0 Å². The van der Waals surface area contributed by atoms with Crippen LogP contribution in [0.2, 0.25) is 0 Å². The second-order valence-corrected chi connectivity index (χ2v) is 7.46. The van der Waals surface area contributed by atoms with Gasteiger partial charge in [-0.3, -0.25) is 4.90 Å². The average Bonchev–Trinajstić information content (AvgIpc) is 2.91. The van der Waals surface area contributed by atoms with Gasteiger partial charge in [-0.1, -0.05) is 13.8 Å². The zero-order valence-electron chi connectivity index (χ0n) is 14.4. The van der Waals surface area contributed by atoms with Gasteiger partial charge in [0.05, 0.1) is 6.10 Å². The van der Waals surface area contributed by atoms with Gasteiger partial charge in [-0.25, -0.2) is 4.79 Å². The van der Waals surface area contributed by atoms with Crippen molar-refractivity contribution >= 4 is 6.03 Å². The molecule has 0 aromatic heterocycles. The molecule has 5 heteroatoms. The first-order valence-corrected chi connectivity index (χ1v) is 8.92. The number of hydrogen-bond acceptors (Lipinski definition) is 3. The summed E-state index contributed by atoms with van der Waals surface area (Å²) < 4.78 is 0. The smallest absolute Gasteiger partial charge is 0.317 e. The molecule has 22 heavy (non-hydrogen) atoms. The van der Waals surface area contributed by atoms with E-state index in [1.54, 1.807) is 0 Å². The Morgan fingerprint density at radius 3 is 2.64 bits per heavy atom. The maximum atomic E-state index is 12.4. The van der Waals surface area contributed by atoms with Gasteiger partial charge in [0.2, 0.25) is 0 Å². The molecule has 2 aliphatic rings. The molecule has 5 nitrogen and oxygen atoms in total. The highest BCUT2D eigenvalue weighted by atomic mass is 16.3. The van der Waals surface area contributed by atoms with E-state index in [-0.39, 0.29) is 18.1 Å². The number of aliphatic hydroxyl groups excluding tert-OH is 1. The van der Waals surface area contributed by atoms with Crippen LogP contribution in [0.4, 0.5) is 4.79 Å². The minimum absolute atomic E-state index is 0.0433. The Kier molecular flexibility index (Phi) is 6.50. The highest BCUT2D eigenvalue weighted by molar-refractivity contribution is 5.74. The normalized spacial score (nSPS) is 28.1. The number of hydrogen-bond donors (Lipinski definition) is 2. The van der Waals surface area contributed by atoms with Gasteiger partial charge in [-0.2, -0.15) is 0 Å². The van der Waals surface area contributed by atoms with Crippen molar-refractivity contribution in [1.29, 1.82) is 0 Å². The van der Waals surface area contributed by atoms with E-state index in [9.17, 15) is 9.90 Å². The monoisotopic (exact) mass is 311 g/mol. The molecule has 3 atom stereocenters. The highest BCUT2D eigenvalue weighted by Gasteiger charge is 2.28. The Balaban J connectivity index is 1.77. The molecule has 128 valence electrons. The summed E-state index contributed by atoms with van der Waals surface area (Å²) in [7, 11) is 0. The molecule has 0 aliphatic carbocycles. The van der Waals surface area contributed by atoms with Crippen molar-refractivity contribution in [2.75, 3.05) is 32.7 Å². The van der Waals surface area contributed by atoms with Crippen molar-refractivity contribution < 1.29 is 9.90 Å². The topological polar surface area (TPSA) is 55.8 Å². The summed E-state index contributed by atoms with van der Waals surface area (Å²) in [4.78, 5) is 16.8. The molecule has 2 unspecified atom stereocenters. The lowest BCUT2D eigenvalue weighted by molar-refractivity contribution is 0.0735. The molecule has 2 aliphatic heterocycles. The molecule has 0 aromatic rings. The van der Waals surface area contributed by atoms with Gasteiger partial charge in [0.15, 0.2) is 0 Å². The predicted octanol–water partition coefficient (Wildman–Crippen LogP) is 1.91. The molecule has 2 saturated heterocycles. The molecular formula is C17H33N3O2. The maximum Gasteiger partial charge on any atom is 0.317 e. The van der Waals surface area contributed by atoms with Crippen molar-refractivity contribution in [3.05, 3.63) is 0 Å². The zero-order chi connectivity index (χ0) is 16.1. The Hall–Kier alpha value is -0.810. The Labute approximate surface area is 135 Å². The summed E-state index contributed by atoms with van der Waals surface area (Å²) in [6.45, 7) is 10.9. The van der Waals surface area contributed by atoms with Crippen molar-refractivity contribution in [3.8, 4) is 0 Å². The van der Waals surface area contributed by atoms with Crippen molar-refractivity contribution in [1.82, 2.24) is 15.1 Å². The molecule has 2 heterocycles. The summed E-state index contributed by atoms with van der Waals surface area (Å²) in [5, 5.41) is 12.9. The van der Waals surface area contributed by atoms with Gasteiger partial charge >= 0.3 is 6.03 Å². The third-order valence-corrected chi connectivity index (χ3v) is 5.01. The number of piperidine rings is 1. The fourth-order valence-electron chi connectivity index (χ4n) is 3.74. The summed E-state index contributed by atoms with van der Waals surface area (Å²) in [6, 6.07) is 0.533. The van der Waals surface area contributed by atoms with Crippen LogP contribution in [0, 0.1) is 11.8 Å². The molecule has 0 spiro atoms. The van der Waals surface area contributed by atoms with E-state index in [0.717, 1.165) is 39.0 Å². The first-order valence-electron chi connectivity index (χ1n) is 8.92. The number of urea groups is 1. The zero-order valence-corrected chi connectivity index (χ0v) is 14.4. The van der Waals surface area contributed by atoms with Crippen LogP contribution in [0.1, 0.15) is 46.5 Å². The van der Waals surface area contributed by atoms with Crippen molar-refractivity contribution in [2.24, 2.45) is 11.8 Å². The molecule has 0 radical (unpaired) electrons. The van der Waals surface area contributed by atoms with E-state index in [1.807, 2.05) is 11.8 Å². The second kappa shape index (κ2) is 8.16. The Bertz CT molecular complexity index is 360. The van der Waals surface area contributed by atoms with E-state index in [4.69, 9.17) is 0 Å². The van der Waals surface area contributed by atoms with Gasteiger partial charge in [0.1, 0.15) is 0 Å². The highest BCUT2D eigenvalue weighted by Crippen LogP contribution is 2.20. The summed E-state index contributed by atoms with van der Waals surface area (Å²) in [5.74, 6) is 0.897. The summed E-state index contributed by atoms with van der Waals surface area (Å²) in [6.07, 6.45) is 4.11. The minimum atomic E-state index is -0.327. The van der Waals surface area contributed by atoms with Gasteiger partial charge in [0.25, 0.3) is 0 Å². The molecule has 2 rings (SSSR count). The van der Waals surface area contributed by atoms with E-state index < -0.39 is 0 Å². The lowest BCUT2D eigenvalue weighted by atomic mass is 9.94. The summed E-state index contributed by atoms with van der Waals surface area (Å²) >= 11 is 0. The van der Waals surface area contributed by atoms with Gasteiger partial charge in [0, 0.05) is 38.1 Å². The van der Waals surface area contributed by atoms with Crippen LogP contribution in [0.15, 0.2) is 0 Å². The molecule has 0 aromatic carbocycles. The number of carbonyl (C=O) groups excluding carboxylic acids is 1. The lowest BCUT2D eigenvalue weighted by Gasteiger charge is -2.34. The number of amides is 2. The fourth-order valence-corrected chi connectivity index (χ4v) is 3.74. The summed E-state index contributed by atoms with van der Waals surface area (Å²) in [5.41, 5.74) is 0. The SMILES string of the molecule is CC(C)CN1CCC[C@H]1CNC(=O)N1CCCC(C(C)O)C1. The Morgan fingerprint density at radius 2 is 1.95 bits per heavy atom. The van der Waals surface area contributed by atoms with E-state index in [2.05, 4.69) is 24.1 Å². The third-order valence-electron chi connectivity index (χ3n) is 5.01. The number of rotatable bonds is 5. The molecule has 0 saturated carbocycles. The number of carbonyl (C=O) groups is 1. The van der Waals surface area contributed by atoms with Crippen LogP contribution in [-0.4, -0.2) is 65.8 Å². The quantitative estimate of drug-likeness (QED) is 0.815. The minimum Gasteiger partial charge on any atom is -0.393 e. The Morgan fingerprint density at radius 1 is 1.23 bits per heavy atom. The van der Waals surface area contributed by atoms with Crippen LogP contribution < -0.4 is 5.32 Å². The van der Waals surface area contributed by atoms with Crippen LogP contribution >= 0.6 is 0 Å². The van der Waals surface area contributed by atoms with Gasteiger partial charge in [-0.05, 0) is 45.1 Å². The average molecular weight is 311 g/mol. The second-order valence-electron chi connectivity index (χ2n) is 7.46. The maximum absolute atomic E-state index is 12.4. The third kappa shape index (κ3) is 4.85.